The minimum atomic E-state index is 0.831. The fourth-order valence-corrected chi connectivity index (χ4v) is 2.21. The van der Waals surface area contributed by atoms with Gasteiger partial charge in [-0.05, 0) is 44.1 Å². The second kappa shape index (κ2) is 6.02. The van der Waals surface area contributed by atoms with Crippen molar-refractivity contribution in [2.24, 2.45) is 11.8 Å². The van der Waals surface area contributed by atoms with E-state index in [1.165, 1.54) is 58.3 Å². The number of nitrogens with zero attached hydrogens (tertiary/aromatic N) is 1. The van der Waals surface area contributed by atoms with Gasteiger partial charge in [-0.2, -0.15) is 0 Å². The van der Waals surface area contributed by atoms with Crippen molar-refractivity contribution in [3.8, 4) is 0 Å². The molecule has 2 rings (SSSR count). The molecule has 0 aromatic rings. The van der Waals surface area contributed by atoms with E-state index in [1.54, 1.807) is 0 Å². The molecule has 2 nitrogen and oxygen atoms in total. The van der Waals surface area contributed by atoms with Gasteiger partial charge in [0.25, 0.3) is 0 Å². The highest BCUT2D eigenvalue weighted by Gasteiger charge is 2.32. The molecule has 2 aliphatic carbocycles. The van der Waals surface area contributed by atoms with Crippen molar-refractivity contribution in [3.05, 3.63) is 0 Å². The molecule has 2 heteroatoms. The van der Waals surface area contributed by atoms with Crippen LogP contribution in [0.5, 0.6) is 0 Å². The molecule has 0 aromatic heterocycles. The first-order valence-electron chi connectivity index (χ1n) is 7.24. The van der Waals surface area contributed by atoms with Crippen LogP contribution in [0, 0.1) is 11.8 Å². The van der Waals surface area contributed by atoms with E-state index in [9.17, 15) is 0 Å². The van der Waals surface area contributed by atoms with Gasteiger partial charge in [-0.15, -0.1) is 0 Å². The average molecular weight is 224 g/mol. The zero-order valence-corrected chi connectivity index (χ0v) is 11.0. The molecule has 0 heterocycles. The highest BCUT2D eigenvalue weighted by atomic mass is 15.2. The molecule has 1 atom stereocenters. The van der Waals surface area contributed by atoms with Crippen LogP contribution >= 0.6 is 0 Å². The number of rotatable bonds is 9. The molecule has 0 amide bonds. The molecule has 0 bridgehead atoms. The van der Waals surface area contributed by atoms with Crippen LogP contribution in [-0.2, 0) is 0 Å². The molecule has 0 aromatic carbocycles. The summed E-state index contributed by atoms with van der Waals surface area (Å²) in [4.78, 5) is 2.74. The molecule has 1 N–H and O–H groups in total. The first kappa shape index (κ1) is 12.4. The molecule has 0 radical (unpaired) electrons. The maximum atomic E-state index is 3.60. The number of hydrogen-bond acceptors (Lipinski definition) is 2. The van der Waals surface area contributed by atoms with Gasteiger partial charge in [-0.25, -0.2) is 0 Å². The van der Waals surface area contributed by atoms with Crippen LogP contribution < -0.4 is 5.32 Å². The second-order valence-electron chi connectivity index (χ2n) is 5.89. The van der Waals surface area contributed by atoms with Crippen molar-refractivity contribution >= 4 is 0 Å². The molecule has 0 aliphatic heterocycles. The summed E-state index contributed by atoms with van der Waals surface area (Å²) < 4.78 is 0. The Balaban J connectivity index is 1.54. The van der Waals surface area contributed by atoms with Crippen LogP contribution in [0.2, 0.25) is 0 Å². The van der Waals surface area contributed by atoms with E-state index >= 15 is 0 Å². The average Bonchev–Trinajstić information content (AvgIpc) is 3.14. The third kappa shape index (κ3) is 4.42. The Morgan fingerprint density at radius 1 is 1.25 bits per heavy atom. The summed E-state index contributed by atoms with van der Waals surface area (Å²) in [5.41, 5.74) is 0. The summed E-state index contributed by atoms with van der Waals surface area (Å²) in [6, 6.07) is 0.950. The van der Waals surface area contributed by atoms with E-state index in [1.807, 2.05) is 0 Å². The molecule has 1 unspecified atom stereocenters. The van der Waals surface area contributed by atoms with E-state index in [0.717, 1.165) is 17.9 Å². The fourth-order valence-electron chi connectivity index (χ4n) is 2.21. The van der Waals surface area contributed by atoms with Gasteiger partial charge in [0.1, 0.15) is 0 Å². The molecule has 94 valence electrons. The van der Waals surface area contributed by atoms with Gasteiger partial charge in [0, 0.05) is 25.7 Å². The van der Waals surface area contributed by atoms with Gasteiger partial charge in [-0.1, -0.05) is 20.3 Å². The highest BCUT2D eigenvalue weighted by molar-refractivity contribution is 4.88. The van der Waals surface area contributed by atoms with Gasteiger partial charge in [0.05, 0.1) is 0 Å². The zero-order chi connectivity index (χ0) is 11.4. The first-order valence-corrected chi connectivity index (χ1v) is 7.24. The summed E-state index contributed by atoms with van der Waals surface area (Å²) >= 11 is 0. The molecule has 2 saturated carbocycles. The lowest BCUT2D eigenvalue weighted by atomic mass is 10.1. The van der Waals surface area contributed by atoms with Gasteiger partial charge in [-0.3, -0.25) is 4.90 Å². The Bertz CT molecular complexity index is 197. The Labute approximate surface area is 101 Å². The monoisotopic (exact) mass is 224 g/mol. The topological polar surface area (TPSA) is 15.3 Å². The molecule has 16 heavy (non-hydrogen) atoms. The predicted molar refractivity (Wildman–Crippen MR) is 69.6 cm³/mol. The van der Waals surface area contributed by atoms with Crippen LogP contribution in [-0.4, -0.2) is 37.1 Å². The quantitative estimate of drug-likeness (QED) is 0.605. The molecular weight excluding hydrogens is 196 g/mol. The fraction of sp³-hybridized carbons (Fsp3) is 1.00. The Morgan fingerprint density at radius 2 is 2.00 bits per heavy atom. The third-order valence-electron chi connectivity index (χ3n) is 4.02. The van der Waals surface area contributed by atoms with Crippen molar-refractivity contribution in [1.82, 2.24) is 10.2 Å². The number of nitrogens with one attached hydrogen (secondary N) is 1. The summed E-state index contributed by atoms with van der Waals surface area (Å²) in [5, 5.41) is 3.60. The van der Waals surface area contributed by atoms with Crippen molar-refractivity contribution in [3.63, 3.8) is 0 Å². The summed E-state index contributed by atoms with van der Waals surface area (Å²) in [6.45, 7) is 9.64. The summed E-state index contributed by atoms with van der Waals surface area (Å²) in [6.07, 6.45) is 7.19. The lowest BCUT2D eigenvalue weighted by Crippen LogP contribution is -2.36. The van der Waals surface area contributed by atoms with Crippen LogP contribution in [0.1, 0.15) is 46.0 Å². The minimum Gasteiger partial charge on any atom is -0.315 e. The van der Waals surface area contributed by atoms with Crippen molar-refractivity contribution < 1.29 is 0 Å². The van der Waals surface area contributed by atoms with Crippen molar-refractivity contribution in [1.29, 1.82) is 0 Å². The van der Waals surface area contributed by atoms with Crippen LogP contribution in [0.4, 0.5) is 0 Å². The van der Waals surface area contributed by atoms with Crippen LogP contribution in [0.3, 0.4) is 0 Å². The van der Waals surface area contributed by atoms with E-state index in [2.05, 4.69) is 24.1 Å². The largest absolute Gasteiger partial charge is 0.315 e. The van der Waals surface area contributed by atoms with Crippen LogP contribution in [0.15, 0.2) is 0 Å². The second-order valence-corrected chi connectivity index (χ2v) is 5.89. The van der Waals surface area contributed by atoms with E-state index in [4.69, 9.17) is 0 Å². The maximum absolute atomic E-state index is 3.60. The minimum absolute atomic E-state index is 0.831. The van der Waals surface area contributed by atoms with Gasteiger partial charge in [0.15, 0.2) is 0 Å². The summed E-state index contributed by atoms with van der Waals surface area (Å²) in [5.74, 6) is 1.88. The lowest BCUT2D eigenvalue weighted by Gasteiger charge is -2.22. The standard InChI is InChI=1S/C14H28N2/c1-3-12(2)10-15-8-9-16(14-6-7-14)11-13-4-5-13/h12-15H,3-11H2,1-2H3. The van der Waals surface area contributed by atoms with Crippen molar-refractivity contribution in [2.75, 3.05) is 26.2 Å². The van der Waals surface area contributed by atoms with E-state index in [-0.39, 0.29) is 0 Å². The molecule has 0 saturated heterocycles. The van der Waals surface area contributed by atoms with E-state index < -0.39 is 0 Å². The third-order valence-corrected chi connectivity index (χ3v) is 4.02. The maximum Gasteiger partial charge on any atom is 0.0110 e. The predicted octanol–water partition coefficient (Wildman–Crippen LogP) is 2.50. The van der Waals surface area contributed by atoms with Gasteiger partial charge >= 0.3 is 0 Å². The Hall–Kier alpha value is -0.0800. The van der Waals surface area contributed by atoms with Crippen LogP contribution in [0.25, 0.3) is 0 Å². The van der Waals surface area contributed by atoms with Crippen molar-refractivity contribution in [2.45, 2.75) is 52.0 Å². The zero-order valence-electron chi connectivity index (χ0n) is 11.0. The molecule has 2 aliphatic rings. The molecular formula is C14H28N2. The van der Waals surface area contributed by atoms with Gasteiger partial charge in [0.2, 0.25) is 0 Å². The Morgan fingerprint density at radius 3 is 2.56 bits per heavy atom. The smallest absolute Gasteiger partial charge is 0.0110 e. The van der Waals surface area contributed by atoms with E-state index in [0.29, 0.717) is 0 Å². The lowest BCUT2D eigenvalue weighted by molar-refractivity contribution is 0.251. The summed E-state index contributed by atoms with van der Waals surface area (Å²) in [7, 11) is 0. The Kier molecular flexibility index (Phi) is 4.66. The highest BCUT2D eigenvalue weighted by Crippen LogP contribution is 2.34. The molecule has 2 fully saturated rings. The first-order chi connectivity index (χ1) is 7.79. The number of hydrogen-bond donors (Lipinski definition) is 1. The SMILES string of the molecule is CCC(C)CNCCN(CC1CC1)C1CC1. The normalized spacial score (nSPS) is 22.7. The molecule has 0 spiro atoms. The van der Waals surface area contributed by atoms with Gasteiger partial charge < -0.3 is 5.32 Å².